The summed E-state index contributed by atoms with van der Waals surface area (Å²) in [6.07, 6.45) is 0.504. The van der Waals surface area contributed by atoms with Gasteiger partial charge in [0, 0.05) is 0 Å². The molecule has 0 amide bonds. The van der Waals surface area contributed by atoms with Crippen LogP contribution in [0.25, 0.3) is 10.8 Å². The van der Waals surface area contributed by atoms with Crippen molar-refractivity contribution in [3.63, 3.8) is 0 Å². The fraction of sp³-hybridized carbons (Fsp3) is 0.333. The van der Waals surface area contributed by atoms with E-state index in [2.05, 4.69) is 13.8 Å². The summed E-state index contributed by atoms with van der Waals surface area (Å²) in [4.78, 5) is 0. The van der Waals surface area contributed by atoms with Crippen molar-refractivity contribution >= 4 is 10.8 Å². The summed E-state index contributed by atoms with van der Waals surface area (Å²) in [6.45, 7) is 5.99. The summed E-state index contributed by atoms with van der Waals surface area (Å²) in [5.74, 6) is -1.16. The number of fused-ring (bicyclic) bond motifs is 1. The van der Waals surface area contributed by atoms with Crippen LogP contribution in [0.2, 0.25) is 0 Å². The third kappa shape index (κ3) is 1.92. The van der Waals surface area contributed by atoms with Crippen LogP contribution < -0.4 is 0 Å². The highest BCUT2D eigenvalue weighted by molar-refractivity contribution is 5.89. The van der Waals surface area contributed by atoms with E-state index in [-0.39, 0.29) is 0 Å². The molecule has 0 heterocycles. The smallest absolute Gasteiger partial charge is 0.162 e. The molecule has 0 nitrogen and oxygen atoms in total. The molecule has 90 valence electrons. The molecule has 2 heteroatoms. The Morgan fingerprint density at radius 2 is 1.88 bits per heavy atom. The van der Waals surface area contributed by atoms with Crippen LogP contribution in [0.1, 0.15) is 37.8 Å². The average Bonchev–Trinajstić information content (AvgIpc) is 2.30. The third-order valence-corrected chi connectivity index (χ3v) is 3.16. The number of hydrogen-bond donors (Lipinski definition) is 0. The van der Waals surface area contributed by atoms with Gasteiger partial charge in [-0.1, -0.05) is 39.0 Å². The highest BCUT2D eigenvalue weighted by Gasteiger charge is 2.15. The molecule has 0 atom stereocenters. The van der Waals surface area contributed by atoms with E-state index >= 15 is 0 Å². The molecule has 0 N–H and O–H groups in total. The summed E-state index contributed by atoms with van der Waals surface area (Å²) in [7, 11) is 0. The summed E-state index contributed by atoms with van der Waals surface area (Å²) in [6, 6.07) is 7.01. The van der Waals surface area contributed by atoms with Gasteiger partial charge in [-0.25, -0.2) is 8.78 Å². The lowest BCUT2D eigenvalue weighted by Gasteiger charge is -2.14. The van der Waals surface area contributed by atoms with Crippen molar-refractivity contribution in [2.45, 2.75) is 33.1 Å². The van der Waals surface area contributed by atoms with Crippen molar-refractivity contribution in [3.05, 3.63) is 47.0 Å². The van der Waals surface area contributed by atoms with Crippen LogP contribution in [0.3, 0.4) is 0 Å². The maximum Gasteiger partial charge on any atom is 0.162 e. The summed E-state index contributed by atoms with van der Waals surface area (Å²) >= 11 is 0. The van der Waals surface area contributed by atoms with Gasteiger partial charge >= 0.3 is 0 Å². The number of benzene rings is 2. The van der Waals surface area contributed by atoms with Gasteiger partial charge in [-0.2, -0.15) is 0 Å². The van der Waals surface area contributed by atoms with Crippen LogP contribution in [-0.4, -0.2) is 0 Å². The Kier molecular flexibility index (Phi) is 3.14. The van der Waals surface area contributed by atoms with Gasteiger partial charge in [-0.05, 0) is 40.3 Å². The van der Waals surface area contributed by atoms with Crippen LogP contribution in [-0.2, 0) is 6.42 Å². The van der Waals surface area contributed by atoms with Gasteiger partial charge in [0.2, 0.25) is 0 Å². The standard InChI is InChI=1S/C15H16F2/c1-4-11-14-10(8-13(16)15(11)17)6-5-7-12(14)9(2)3/h5-9H,4H2,1-3H3. The Bertz CT molecular complexity index is 556. The molecule has 0 fully saturated rings. The zero-order chi connectivity index (χ0) is 12.6. The largest absolute Gasteiger partial charge is 0.204 e. The molecular weight excluding hydrogens is 218 g/mol. The van der Waals surface area contributed by atoms with Crippen LogP contribution >= 0.6 is 0 Å². The monoisotopic (exact) mass is 234 g/mol. The second-order valence-electron chi connectivity index (χ2n) is 4.60. The van der Waals surface area contributed by atoms with Gasteiger partial charge in [-0.3, -0.25) is 0 Å². The van der Waals surface area contributed by atoms with E-state index in [0.29, 0.717) is 17.9 Å². The van der Waals surface area contributed by atoms with E-state index in [1.807, 2.05) is 25.1 Å². The maximum atomic E-state index is 13.8. The first-order valence-corrected chi connectivity index (χ1v) is 5.95. The van der Waals surface area contributed by atoms with Crippen molar-refractivity contribution in [1.29, 1.82) is 0 Å². The molecule has 0 bridgehead atoms. The van der Waals surface area contributed by atoms with E-state index in [9.17, 15) is 8.78 Å². The first-order chi connectivity index (χ1) is 8.06. The van der Waals surface area contributed by atoms with E-state index in [0.717, 1.165) is 16.3 Å². The molecule has 2 aromatic carbocycles. The topological polar surface area (TPSA) is 0 Å². The summed E-state index contributed by atoms with van der Waals surface area (Å²) in [5, 5.41) is 1.66. The molecular formula is C15H16F2. The second-order valence-corrected chi connectivity index (χ2v) is 4.60. The SMILES string of the molecule is CCc1c(F)c(F)cc2cccc(C(C)C)c12. The Balaban J connectivity index is 2.92. The Labute approximate surface area is 100 Å². The first-order valence-electron chi connectivity index (χ1n) is 5.95. The molecule has 2 aromatic rings. The quantitative estimate of drug-likeness (QED) is 0.700. The van der Waals surface area contributed by atoms with E-state index in [1.54, 1.807) is 0 Å². The lowest BCUT2D eigenvalue weighted by atomic mass is 9.91. The van der Waals surface area contributed by atoms with Gasteiger partial charge in [0.1, 0.15) is 0 Å². The van der Waals surface area contributed by atoms with Crippen molar-refractivity contribution in [3.8, 4) is 0 Å². The predicted molar refractivity (Wildman–Crippen MR) is 67.3 cm³/mol. The zero-order valence-corrected chi connectivity index (χ0v) is 10.3. The van der Waals surface area contributed by atoms with Gasteiger partial charge in [0.15, 0.2) is 11.6 Å². The molecule has 0 spiro atoms. The fourth-order valence-corrected chi connectivity index (χ4v) is 2.32. The summed E-state index contributed by atoms with van der Waals surface area (Å²) < 4.78 is 27.3. The van der Waals surface area contributed by atoms with Crippen molar-refractivity contribution < 1.29 is 8.78 Å². The van der Waals surface area contributed by atoms with Crippen LogP contribution in [0.15, 0.2) is 24.3 Å². The van der Waals surface area contributed by atoms with Crippen molar-refractivity contribution in [2.75, 3.05) is 0 Å². The fourth-order valence-electron chi connectivity index (χ4n) is 2.32. The normalized spacial score (nSPS) is 11.4. The molecule has 17 heavy (non-hydrogen) atoms. The van der Waals surface area contributed by atoms with Crippen LogP contribution in [0, 0.1) is 11.6 Å². The molecule has 0 aliphatic rings. The molecule has 0 saturated carbocycles. The Hall–Kier alpha value is -1.44. The van der Waals surface area contributed by atoms with Crippen LogP contribution in [0.4, 0.5) is 8.78 Å². The minimum absolute atomic E-state index is 0.300. The average molecular weight is 234 g/mol. The van der Waals surface area contributed by atoms with Gasteiger partial charge in [0.25, 0.3) is 0 Å². The molecule has 0 saturated heterocycles. The first kappa shape index (κ1) is 12.0. The molecule has 0 unspecified atom stereocenters. The highest BCUT2D eigenvalue weighted by Crippen LogP contribution is 2.31. The third-order valence-electron chi connectivity index (χ3n) is 3.16. The molecule has 0 radical (unpaired) electrons. The number of aryl methyl sites for hydroxylation is 1. The lowest BCUT2D eigenvalue weighted by Crippen LogP contribution is -1.99. The molecule has 0 aliphatic carbocycles. The zero-order valence-electron chi connectivity index (χ0n) is 10.3. The second kappa shape index (κ2) is 4.44. The highest BCUT2D eigenvalue weighted by atomic mass is 19.2. The maximum absolute atomic E-state index is 13.8. The van der Waals surface area contributed by atoms with E-state index in [4.69, 9.17) is 0 Å². The predicted octanol–water partition coefficient (Wildman–Crippen LogP) is 4.80. The van der Waals surface area contributed by atoms with Crippen molar-refractivity contribution in [1.82, 2.24) is 0 Å². The van der Waals surface area contributed by atoms with Gasteiger partial charge in [0.05, 0.1) is 0 Å². The molecule has 0 aliphatic heterocycles. The number of hydrogen-bond acceptors (Lipinski definition) is 0. The molecule has 0 aromatic heterocycles. The number of halogens is 2. The Morgan fingerprint density at radius 1 is 1.18 bits per heavy atom. The van der Waals surface area contributed by atoms with Gasteiger partial charge < -0.3 is 0 Å². The Morgan fingerprint density at radius 3 is 2.47 bits per heavy atom. The summed E-state index contributed by atoms with van der Waals surface area (Å²) in [5.41, 5.74) is 1.57. The molecule has 2 rings (SSSR count). The minimum atomic E-state index is -0.754. The lowest BCUT2D eigenvalue weighted by molar-refractivity contribution is 0.502. The van der Waals surface area contributed by atoms with E-state index in [1.165, 1.54) is 6.07 Å². The number of rotatable bonds is 2. The van der Waals surface area contributed by atoms with Crippen molar-refractivity contribution in [2.24, 2.45) is 0 Å². The van der Waals surface area contributed by atoms with E-state index < -0.39 is 11.6 Å². The minimum Gasteiger partial charge on any atom is -0.204 e. The van der Waals surface area contributed by atoms with Crippen LogP contribution in [0.5, 0.6) is 0 Å². The van der Waals surface area contributed by atoms with Gasteiger partial charge in [-0.15, -0.1) is 0 Å².